The molecular weight excluding hydrogens is 360 g/mol. The highest BCUT2D eigenvalue weighted by Crippen LogP contribution is 2.37. The second-order valence-corrected chi connectivity index (χ2v) is 6.94. The van der Waals surface area contributed by atoms with E-state index >= 15 is 0 Å². The Balaban J connectivity index is 0.000000300. The van der Waals surface area contributed by atoms with Gasteiger partial charge in [0.15, 0.2) is 0 Å². The van der Waals surface area contributed by atoms with Crippen molar-refractivity contribution in [2.45, 2.75) is 45.6 Å². The molecule has 2 heterocycles. The standard InChI is InChI=1S/C17H26N2O.C4H4O4/c1-3-9-19-12-15(4-2)20-17-11-14-6-8-18-7-5-13(14)10-16(17)19;5-3(6)1-2-4(7)8/h10-11,15,18H,3-9,12H2,1-2H3;1-2H,(H,5,6)(H,7,8)/b;2-1+. The molecule has 0 saturated carbocycles. The molecule has 0 amide bonds. The van der Waals surface area contributed by atoms with E-state index in [9.17, 15) is 9.59 Å². The number of ether oxygens (including phenoxy) is 1. The molecule has 1 aromatic rings. The molecule has 2 aliphatic heterocycles. The highest BCUT2D eigenvalue weighted by Gasteiger charge is 2.25. The highest BCUT2D eigenvalue weighted by atomic mass is 16.5. The summed E-state index contributed by atoms with van der Waals surface area (Å²) in [7, 11) is 0. The zero-order valence-electron chi connectivity index (χ0n) is 16.6. The predicted octanol–water partition coefficient (Wildman–Crippen LogP) is 2.47. The van der Waals surface area contributed by atoms with Gasteiger partial charge in [0.1, 0.15) is 11.9 Å². The number of hydrogen-bond donors (Lipinski definition) is 3. The number of benzene rings is 1. The Bertz CT molecular complexity index is 701. The average molecular weight is 390 g/mol. The number of hydrogen-bond acceptors (Lipinski definition) is 5. The van der Waals surface area contributed by atoms with E-state index in [0.717, 1.165) is 51.2 Å². The molecule has 3 N–H and O–H groups in total. The first kappa shape index (κ1) is 21.8. The summed E-state index contributed by atoms with van der Waals surface area (Å²) in [6.45, 7) is 8.81. The molecule has 7 nitrogen and oxygen atoms in total. The number of carbonyl (C=O) groups is 2. The van der Waals surface area contributed by atoms with Gasteiger partial charge in [-0.05, 0) is 62.0 Å². The maximum absolute atomic E-state index is 9.55. The van der Waals surface area contributed by atoms with E-state index in [2.05, 4.69) is 36.2 Å². The van der Waals surface area contributed by atoms with Crippen LogP contribution in [0.15, 0.2) is 24.3 Å². The summed E-state index contributed by atoms with van der Waals surface area (Å²) in [4.78, 5) is 21.6. The van der Waals surface area contributed by atoms with Crippen LogP contribution in [0.3, 0.4) is 0 Å². The van der Waals surface area contributed by atoms with Gasteiger partial charge in [0.2, 0.25) is 0 Å². The predicted molar refractivity (Wildman–Crippen MR) is 108 cm³/mol. The monoisotopic (exact) mass is 390 g/mol. The summed E-state index contributed by atoms with van der Waals surface area (Å²) in [5.74, 6) is -1.41. The van der Waals surface area contributed by atoms with Gasteiger partial charge in [0.25, 0.3) is 0 Å². The number of rotatable bonds is 5. The van der Waals surface area contributed by atoms with Crippen molar-refractivity contribution in [3.8, 4) is 5.75 Å². The molecule has 7 heteroatoms. The Hall–Kier alpha value is -2.54. The minimum atomic E-state index is -1.26. The van der Waals surface area contributed by atoms with E-state index in [1.54, 1.807) is 0 Å². The van der Waals surface area contributed by atoms with Crippen LogP contribution in [0.1, 0.15) is 37.8 Å². The SMILES string of the molecule is CCCN1CC(CC)Oc2cc3c(cc21)CCNCC3.O=C(O)/C=C/C(=O)O. The van der Waals surface area contributed by atoms with Crippen LogP contribution < -0.4 is 15.0 Å². The average Bonchev–Trinajstić information content (AvgIpc) is 2.90. The number of nitrogens with zero attached hydrogens (tertiary/aromatic N) is 1. The molecule has 0 aliphatic carbocycles. The quantitative estimate of drug-likeness (QED) is 0.664. The fourth-order valence-electron chi connectivity index (χ4n) is 3.43. The maximum atomic E-state index is 9.55. The number of anilines is 1. The fraction of sp³-hybridized carbons (Fsp3) is 0.524. The summed E-state index contributed by atoms with van der Waals surface area (Å²) >= 11 is 0. The van der Waals surface area contributed by atoms with Gasteiger partial charge >= 0.3 is 11.9 Å². The fourth-order valence-corrected chi connectivity index (χ4v) is 3.43. The number of aliphatic carboxylic acids is 2. The maximum Gasteiger partial charge on any atom is 0.328 e. The molecule has 154 valence electrons. The Morgan fingerprint density at radius 1 is 1.14 bits per heavy atom. The minimum absolute atomic E-state index is 0.344. The molecule has 3 rings (SSSR count). The molecule has 2 aliphatic rings. The lowest BCUT2D eigenvalue weighted by molar-refractivity contribution is -0.134. The van der Waals surface area contributed by atoms with Gasteiger partial charge < -0.3 is 25.2 Å². The van der Waals surface area contributed by atoms with Crippen LogP contribution in [-0.4, -0.2) is 54.4 Å². The summed E-state index contributed by atoms with van der Waals surface area (Å²) in [6.07, 6.45) is 5.99. The van der Waals surface area contributed by atoms with Gasteiger partial charge in [0, 0.05) is 18.7 Å². The van der Waals surface area contributed by atoms with Crippen LogP contribution >= 0.6 is 0 Å². The van der Waals surface area contributed by atoms with Crippen LogP contribution in [0.2, 0.25) is 0 Å². The highest BCUT2D eigenvalue weighted by molar-refractivity contribution is 5.89. The topological polar surface area (TPSA) is 99.1 Å². The smallest absolute Gasteiger partial charge is 0.328 e. The zero-order valence-corrected chi connectivity index (χ0v) is 16.6. The summed E-state index contributed by atoms with van der Waals surface area (Å²) < 4.78 is 6.20. The van der Waals surface area contributed by atoms with Crippen LogP contribution in [0.5, 0.6) is 5.75 Å². The van der Waals surface area contributed by atoms with E-state index in [-0.39, 0.29) is 0 Å². The van der Waals surface area contributed by atoms with Gasteiger partial charge in [-0.25, -0.2) is 9.59 Å². The summed E-state index contributed by atoms with van der Waals surface area (Å²) in [5.41, 5.74) is 4.30. The minimum Gasteiger partial charge on any atom is -0.486 e. The molecule has 0 fully saturated rings. The molecule has 1 aromatic carbocycles. The second-order valence-electron chi connectivity index (χ2n) is 6.94. The van der Waals surface area contributed by atoms with Crippen LogP contribution in [0.25, 0.3) is 0 Å². The van der Waals surface area contributed by atoms with Crippen molar-refractivity contribution in [3.05, 3.63) is 35.4 Å². The number of nitrogens with one attached hydrogen (secondary N) is 1. The van der Waals surface area contributed by atoms with Crippen molar-refractivity contribution < 1.29 is 24.5 Å². The molecule has 1 unspecified atom stereocenters. The van der Waals surface area contributed by atoms with Gasteiger partial charge in [-0.1, -0.05) is 13.8 Å². The van der Waals surface area contributed by atoms with E-state index in [4.69, 9.17) is 14.9 Å². The van der Waals surface area contributed by atoms with Crippen molar-refractivity contribution in [1.29, 1.82) is 0 Å². The molecule has 0 radical (unpaired) electrons. The lowest BCUT2D eigenvalue weighted by Crippen LogP contribution is -2.40. The lowest BCUT2D eigenvalue weighted by atomic mass is 9.99. The Kier molecular flexibility index (Phi) is 8.32. The van der Waals surface area contributed by atoms with Crippen molar-refractivity contribution in [3.63, 3.8) is 0 Å². The Morgan fingerprint density at radius 3 is 2.29 bits per heavy atom. The first-order valence-corrected chi connectivity index (χ1v) is 9.86. The van der Waals surface area contributed by atoms with Crippen LogP contribution in [-0.2, 0) is 22.4 Å². The van der Waals surface area contributed by atoms with Crippen molar-refractivity contribution >= 4 is 17.6 Å². The molecule has 0 saturated heterocycles. The van der Waals surface area contributed by atoms with Gasteiger partial charge in [-0.15, -0.1) is 0 Å². The number of fused-ring (bicyclic) bond motifs is 2. The van der Waals surface area contributed by atoms with E-state index in [1.807, 2.05) is 0 Å². The zero-order chi connectivity index (χ0) is 20.5. The van der Waals surface area contributed by atoms with E-state index < -0.39 is 11.9 Å². The van der Waals surface area contributed by atoms with Crippen molar-refractivity contribution in [2.75, 3.05) is 31.1 Å². The third kappa shape index (κ3) is 6.27. The van der Waals surface area contributed by atoms with Crippen LogP contribution in [0, 0.1) is 0 Å². The van der Waals surface area contributed by atoms with E-state index in [1.165, 1.54) is 23.2 Å². The molecule has 0 aromatic heterocycles. The molecular formula is C21H30N2O5. The Labute approximate surface area is 166 Å². The largest absolute Gasteiger partial charge is 0.486 e. The van der Waals surface area contributed by atoms with Crippen molar-refractivity contribution in [1.82, 2.24) is 5.32 Å². The van der Waals surface area contributed by atoms with Crippen LogP contribution in [0.4, 0.5) is 5.69 Å². The number of carboxylic acids is 2. The molecule has 0 bridgehead atoms. The third-order valence-electron chi connectivity index (χ3n) is 4.80. The van der Waals surface area contributed by atoms with Crippen molar-refractivity contribution in [2.24, 2.45) is 0 Å². The summed E-state index contributed by atoms with van der Waals surface area (Å²) in [6, 6.07) is 4.70. The van der Waals surface area contributed by atoms with Gasteiger partial charge in [0.05, 0.1) is 12.2 Å². The van der Waals surface area contributed by atoms with Gasteiger partial charge in [-0.3, -0.25) is 0 Å². The first-order valence-electron chi connectivity index (χ1n) is 9.86. The van der Waals surface area contributed by atoms with Gasteiger partial charge in [-0.2, -0.15) is 0 Å². The molecule has 1 atom stereocenters. The molecule has 0 spiro atoms. The molecule has 28 heavy (non-hydrogen) atoms. The first-order chi connectivity index (χ1) is 13.4. The summed E-state index contributed by atoms with van der Waals surface area (Å²) in [5, 5.41) is 19.1. The second kappa shape index (κ2) is 10.7. The third-order valence-corrected chi connectivity index (χ3v) is 4.80. The Morgan fingerprint density at radius 2 is 1.75 bits per heavy atom. The normalized spacial score (nSPS) is 18.2. The number of carboxylic acid groups (broad SMARTS) is 2. The lowest BCUT2D eigenvalue weighted by Gasteiger charge is -2.36. The van der Waals surface area contributed by atoms with E-state index in [0.29, 0.717) is 18.3 Å².